The quantitative estimate of drug-likeness (QED) is 0.719. The summed E-state index contributed by atoms with van der Waals surface area (Å²) >= 11 is 6.08. The second kappa shape index (κ2) is 6.96. The fraction of sp³-hybridized carbons (Fsp3) is 0.238. The van der Waals surface area contributed by atoms with Crippen LogP contribution in [-0.2, 0) is 16.6 Å². The predicted octanol–water partition coefficient (Wildman–Crippen LogP) is 3.92. The Morgan fingerprint density at radius 3 is 2.69 bits per heavy atom. The maximum atomic E-state index is 12.7. The number of carbonyl (C=O) groups excluding carboxylic acids is 1. The molecule has 4 rings (SSSR count). The minimum atomic E-state index is -0.390. The van der Waals surface area contributed by atoms with Crippen molar-refractivity contribution in [1.29, 1.82) is 0 Å². The highest BCUT2D eigenvalue weighted by Gasteiger charge is 2.51. The van der Waals surface area contributed by atoms with Gasteiger partial charge in [-0.25, -0.2) is 4.68 Å². The molecule has 1 aliphatic rings. The summed E-state index contributed by atoms with van der Waals surface area (Å²) in [4.78, 5) is 12.7. The number of benzene rings is 2. The van der Waals surface area contributed by atoms with Gasteiger partial charge in [-0.1, -0.05) is 41.9 Å². The lowest BCUT2D eigenvalue weighted by molar-refractivity contribution is -0.123. The number of nitrogens with zero attached hydrogens (tertiary/aromatic N) is 2. The van der Waals surface area contributed by atoms with E-state index in [4.69, 9.17) is 11.6 Å². The summed E-state index contributed by atoms with van der Waals surface area (Å²) in [5, 5.41) is 8.15. The molecule has 4 nitrogen and oxygen atoms in total. The Kier molecular flexibility index (Phi) is 4.51. The molecule has 0 bridgehead atoms. The van der Waals surface area contributed by atoms with Crippen molar-refractivity contribution in [2.24, 2.45) is 0 Å². The number of hydrogen-bond donors (Lipinski definition) is 1. The molecule has 0 saturated heterocycles. The number of halogens is 1. The molecule has 0 unspecified atom stereocenters. The fourth-order valence-corrected chi connectivity index (χ4v) is 3.45. The van der Waals surface area contributed by atoms with Crippen molar-refractivity contribution in [3.8, 4) is 5.69 Å². The third kappa shape index (κ3) is 3.37. The topological polar surface area (TPSA) is 46.9 Å². The van der Waals surface area contributed by atoms with Crippen molar-refractivity contribution in [2.45, 2.75) is 24.7 Å². The molecule has 5 heteroatoms. The first kappa shape index (κ1) is 16.9. The second-order valence-electron chi connectivity index (χ2n) is 6.73. The van der Waals surface area contributed by atoms with E-state index in [9.17, 15) is 4.79 Å². The number of rotatable bonds is 6. The molecule has 0 atom stereocenters. The first-order valence-electron chi connectivity index (χ1n) is 8.81. The standard InChI is InChI=1S/C21H20ClN3O/c22-18-6-4-5-17(13-18)21(10-11-21)20(26)23-12-9-16-14-24-25(15-16)19-7-2-1-3-8-19/h1-8,13-15H,9-12H2,(H,23,26). The summed E-state index contributed by atoms with van der Waals surface area (Å²) in [7, 11) is 0. The largest absolute Gasteiger partial charge is 0.355 e. The summed E-state index contributed by atoms with van der Waals surface area (Å²) in [5.41, 5.74) is 2.75. The van der Waals surface area contributed by atoms with Crippen LogP contribution >= 0.6 is 11.6 Å². The Hall–Kier alpha value is -2.59. The number of nitrogens with one attached hydrogen (secondary N) is 1. The Balaban J connectivity index is 1.35. The lowest BCUT2D eigenvalue weighted by Crippen LogP contribution is -2.35. The van der Waals surface area contributed by atoms with Gasteiger partial charge in [0, 0.05) is 17.8 Å². The Morgan fingerprint density at radius 2 is 1.96 bits per heavy atom. The first-order chi connectivity index (χ1) is 12.7. The van der Waals surface area contributed by atoms with E-state index in [1.165, 1.54) is 0 Å². The zero-order chi connectivity index (χ0) is 18.0. The second-order valence-corrected chi connectivity index (χ2v) is 7.16. The van der Waals surface area contributed by atoms with Crippen molar-refractivity contribution < 1.29 is 4.79 Å². The van der Waals surface area contributed by atoms with Gasteiger partial charge >= 0.3 is 0 Å². The van der Waals surface area contributed by atoms with Crippen LogP contribution in [0.5, 0.6) is 0 Å². The summed E-state index contributed by atoms with van der Waals surface area (Å²) in [6.07, 6.45) is 6.37. The summed E-state index contributed by atoms with van der Waals surface area (Å²) in [5.74, 6) is 0.0928. The Labute approximate surface area is 157 Å². The van der Waals surface area contributed by atoms with Crippen LogP contribution in [0.25, 0.3) is 5.69 Å². The number of aromatic nitrogens is 2. The van der Waals surface area contributed by atoms with Gasteiger partial charge in [-0.15, -0.1) is 0 Å². The Bertz CT molecular complexity index is 916. The average Bonchev–Trinajstić information content (AvgIpc) is 3.35. The SMILES string of the molecule is O=C(NCCc1cnn(-c2ccccc2)c1)C1(c2cccc(Cl)c2)CC1. The normalized spacial score (nSPS) is 14.8. The van der Waals surface area contributed by atoms with Crippen LogP contribution in [0.1, 0.15) is 24.0 Å². The minimum absolute atomic E-state index is 0.0928. The maximum absolute atomic E-state index is 12.7. The third-order valence-corrected chi connectivity index (χ3v) is 5.15. The molecular formula is C21H20ClN3O. The van der Waals surface area contributed by atoms with Gasteiger partial charge in [0.05, 0.1) is 17.3 Å². The monoisotopic (exact) mass is 365 g/mol. The zero-order valence-corrected chi connectivity index (χ0v) is 15.1. The van der Waals surface area contributed by atoms with E-state index in [1.807, 2.05) is 71.7 Å². The number of carbonyl (C=O) groups is 1. The molecule has 1 aliphatic carbocycles. The highest BCUT2D eigenvalue weighted by molar-refractivity contribution is 6.30. The van der Waals surface area contributed by atoms with Crippen molar-refractivity contribution in [3.63, 3.8) is 0 Å². The van der Waals surface area contributed by atoms with Gasteiger partial charge < -0.3 is 5.32 Å². The lowest BCUT2D eigenvalue weighted by atomic mass is 9.95. The molecule has 1 aromatic heterocycles. The molecule has 0 spiro atoms. The van der Waals surface area contributed by atoms with Crippen molar-refractivity contribution >= 4 is 17.5 Å². The molecular weight excluding hydrogens is 346 g/mol. The fourth-order valence-electron chi connectivity index (χ4n) is 3.26. The van der Waals surface area contributed by atoms with E-state index in [-0.39, 0.29) is 11.3 Å². The third-order valence-electron chi connectivity index (χ3n) is 4.92. The van der Waals surface area contributed by atoms with Crippen LogP contribution in [-0.4, -0.2) is 22.2 Å². The summed E-state index contributed by atoms with van der Waals surface area (Å²) in [6, 6.07) is 17.6. The van der Waals surface area contributed by atoms with Crippen molar-refractivity contribution in [1.82, 2.24) is 15.1 Å². The first-order valence-corrected chi connectivity index (χ1v) is 9.18. The van der Waals surface area contributed by atoms with Gasteiger partial charge in [0.2, 0.25) is 5.91 Å². The average molecular weight is 366 g/mol. The molecule has 1 heterocycles. The van der Waals surface area contributed by atoms with Gasteiger partial charge in [0.1, 0.15) is 0 Å². The highest BCUT2D eigenvalue weighted by atomic mass is 35.5. The van der Waals surface area contributed by atoms with E-state index in [1.54, 1.807) is 0 Å². The zero-order valence-electron chi connectivity index (χ0n) is 14.4. The minimum Gasteiger partial charge on any atom is -0.355 e. The van der Waals surface area contributed by atoms with Gasteiger partial charge in [-0.2, -0.15) is 5.10 Å². The molecule has 1 fully saturated rings. The van der Waals surface area contributed by atoms with E-state index in [0.717, 1.165) is 36.1 Å². The number of hydrogen-bond acceptors (Lipinski definition) is 2. The predicted molar refractivity (Wildman–Crippen MR) is 103 cm³/mol. The molecule has 26 heavy (non-hydrogen) atoms. The number of para-hydroxylation sites is 1. The van der Waals surface area contributed by atoms with Crippen molar-refractivity contribution in [2.75, 3.05) is 6.54 Å². The van der Waals surface area contributed by atoms with Crippen LogP contribution < -0.4 is 5.32 Å². The van der Waals surface area contributed by atoms with E-state index in [0.29, 0.717) is 11.6 Å². The van der Waals surface area contributed by atoms with Crippen LogP contribution in [0.2, 0.25) is 5.02 Å². The van der Waals surface area contributed by atoms with E-state index < -0.39 is 0 Å². The van der Waals surface area contributed by atoms with Gasteiger partial charge in [0.25, 0.3) is 0 Å². The van der Waals surface area contributed by atoms with Crippen molar-refractivity contribution in [3.05, 3.63) is 83.1 Å². The van der Waals surface area contributed by atoms with Gasteiger partial charge in [-0.3, -0.25) is 4.79 Å². The molecule has 2 aromatic carbocycles. The summed E-state index contributed by atoms with van der Waals surface area (Å²) < 4.78 is 1.85. The van der Waals surface area contributed by atoms with Gasteiger partial charge in [-0.05, 0) is 54.7 Å². The molecule has 0 radical (unpaired) electrons. The van der Waals surface area contributed by atoms with Crippen LogP contribution in [0.3, 0.4) is 0 Å². The number of amides is 1. The van der Waals surface area contributed by atoms with Gasteiger partial charge in [0.15, 0.2) is 0 Å². The smallest absolute Gasteiger partial charge is 0.230 e. The molecule has 132 valence electrons. The molecule has 0 aliphatic heterocycles. The van der Waals surface area contributed by atoms with Crippen LogP contribution in [0.4, 0.5) is 0 Å². The molecule has 1 amide bonds. The van der Waals surface area contributed by atoms with E-state index >= 15 is 0 Å². The highest BCUT2D eigenvalue weighted by Crippen LogP contribution is 2.48. The molecule has 1 N–H and O–H groups in total. The molecule has 3 aromatic rings. The Morgan fingerprint density at radius 1 is 1.15 bits per heavy atom. The lowest BCUT2D eigenvalue weighted by Gasteiger charge is -2.16. The van der Waals surface area contributed by atoms with E-state index in [2.05, 4.69) is 10.4 Å². The molecule has 1 saturated carbocycles. The maximum Gasteiger partial charge on any atom is 0.230 e. The summed E-state index contributed by atoms with van der Waals surface area (Å²) in [6.45, 7) is 0.599. The van der Waals surface area contributed by atoms with Crippen LogP contribution in [0, 0.1) is 0 Å². The van der Waals surface area contributed by atoms with Crippen LogP contribution in [0.15, 0.2) is 67.0 Å².